The van der Waals surface area contributed by atoms with Crippen LogP contribution >= 0.6 is 24.8 Å². The highest BCUT2D eigenvalue weighted by Gasteiger charge is 2.22. The maximum atomic E-state index is 13.3. The number of aromatic nitrogens is 3. The molecule has 0 saturated carbocycles. The van der Waals surface area contributed by atoms with Gasteiger partial charge in [-0.1, -0.05) is 30.3 Å². The lowest BCUT2D eigenvalue weighted by Gasteiger charge is -2.24. The van der Waals surface area contributed by atoms with Crippen LogP contribution < -0.4 is 10.9 Å². The number of carbonyl (C=O) groups is 1. The Labute approximate surface area is 206 Å². The Hall–Kier alpha value is -2.61. The molecule has 0 radical (unpaired) electrons. The summed E-state index contributed by atoms with van der Waals surface area (Å²) in [5, 5.41) is 10.6. The minimum absolute atomic E-state index is 0. The third-order valence-corrected chi connectivity index (χ3v) is 5.98. The summed E-state index contributed by atoms with van der Waals surface area (Å²) in [6.07, 6.45) is 5.76. The van der Waals surface area contributed by atoms with Gasteiger partial charge in [0.1, 0.15) is 5.56 Å². The second-order valence-corrected chi connectivity index (χ2v) is 8.34. The number of amides is 1. The van der Waals surface area contributed by atoms with Gasteiger partial charge in [-0.05, 0) is 56.0 Å². The number of hydrogen-bond donors (Lipinski definition) is 2. The summed E-state index contributed by atoms with van der Waals surface area (Å²) in [5.74, 6) is 0.146. The van der Waals surface area contributed by atoms with Crippen molar-refractivity contribution in [3.63, 3.8) is 0 Å². The van der Waals surface area contributed by atoms with Crippen LogP contribution in [0.2, 0.25) is 0 Å². The number of hydrogen-bond acceptors (Lipinski definition) is 4. The van der Waals surface area contributed by atoms with Crippen molar-refractivity contribution in [2.45, 2.75) is 32.9 Å². The van der Waals surface area contributed by atoms with E-state index in [1.165, 1.54) is 0 Å². The number of pyridine rings is 1. The number of H-pyrrole nitrogens is 1. The van der Waals surface area contributed by atoms with Crippen LogP contribution in [0.25, 0.3) is 11.3 Å². The molecule has 7 nitrogen and oxygen atoms in total. The predicted octanol–water partition coefficient (Wildman–Crippen LogP) is 3.66. The fraction of sp³-hybridized carbons (Fsp3) is 0.375. The molecule has 1 aromatic carbocycles. The number of halogens is 2. The van der Waals surface area contributed by atoms with Crippen molar-refractivity contribution in [2.75, 3.05) is 20.1 Å². The van der Waals surface area contributed by atoms with Gasteiger partial charge < -0.3 is 14.8 Å². The summed E-state index contributed by atoms with van der Waals surface area (Å²) in [6.45, 7) is 4.76. The minimum Gasteiger partial charge on any atom is -0.337 e. The van der Waals surface area contributed by atoms with Gasteiger partial charge in [-0.3, -0.25) is 14.7 Å². The molecule has 33 heavy (non-hydrogen) atoms. The number of benzene rings is 1. The van der Waals surface area contributed by atoms with E-state index in [0.29, 0.717) is 24.6 Å². The third kappa shape index (κ3) is 6.05. The van der Waals surface area contributed by atoms with Gasteiger partial charge in [0, 0.05) is 31.9 Å². The Morgan fingerprint density at radius 2 is 1.97 bits per heavy atom. The minimum atomic E-state index is -0.265. The molecule has 1 atom stereocenters. The van der Waals surface area contributed by atoms with Gasteiger partial charge in [0.15, 0.2) is 0 Å². The lowest BCUT2D eigenvalue weighted by Crippen LogP contribution is -2.38. The van der Waals surface area contributed by atoms with Crippen LogP contribution in [0.5, 0.6) is 0 Å². The van der Waals surface area contributed by atoms with Gasteiger partial charge in [-0.15, -0.1) is 24.8 Å². The number of carbonyl (C=O) groups excluding carboxylic acids is 1. The largest absolute Gasteiger partial charge is 0.337 e. The second kappa shape index (κ2) is 12.0. The molecule has 1 aliphatic rings. The molecule has 2 N–H and O–H groups in total. The van der Waals surface area contributed by atoms with Crippen LogP contribution in [-0.4, -0.2) is 45.7 Å². The number of aromatic amines is 1. The first kappa shape index (κ1) is 26.6. The summed E-state index contributed by atoms with van der Waals surface area (Å²) >= 11 is 0. The van der Waals surface area contributed by atoms with E-state index in [0.717, 1.165) is 42.8 Å². The summed E-state index contributed by atoms with van der Waals surface area (Å²) in [4.78, 5) is 28.0. The van der Waals surface area contributed by atoms with Crippen molar-refractivity contribution in [3.05, 3.63) is 75.8 Å². The van der Waals surface area contributed by atoms with Gasteiger partial charge in [0.2, 0.25) is 0 Å². The number of aryl methyl sites for hydroxylation is 1. The Kier molecular flexibility index (Phi) is 9.70. The fourth-order valence-corrected chi connectivity index (χ4v) is 4.23. The van der Waals surface area contributed by atoms with Crippen LogP contribution in [0.1, 0.15) is 34.3 Å². The molecular formula is C24H31Cl2N5O2. The molecule has 1 unspecified atom stereocenters. The standard InChI is InChI=1S/C24H29N5O2.2ClH/c1-17-10-12-29(15-18-7-6-11-25-13-18)24(31)21(17)23(30)28(2)16-20-14-26-27-22(20)19-8-4-3-5-9-19;;/h3-5,8-10,12,14,18,25H,6-7,11,13,15-16H2,1-2H3,(H,26,27);2*1H. The molecule has 1 saturated heterocycles. The predicted molar refractivity (Wildman–Crippen MR) is 135 cm³/mol. The van der Waals surface area contributed by atoms with Crippen LogP contribution in [0, 0.1) is 12.8 Å². The number of rotatable bonds is 6. The molecule has 178 valence electrons. The van der Waals surface area contributed by atoms with Crippen molar-refractivity contribution in [3.8, 4) is 11.3 Å². The Morgan fingerprint density at radius 1 is 1.21 bits per heavy atom. The molecular weight excluding hydrogens is 461 g/mol. The summed E-state index contributed by atoms with van der Waals surface area (Å²) in [7, 11) is 1.73. The van der Waals surface area contributed by atoms with Gasteiger partial charge in [-0.25, -0.2) is 0 Å². The molecule has 4 rings (SSSR count). The molecule has 1 fully saturated rings. The number of nitrogens with one attached hydrogen (secondary N) is 2. The van der Waals surface area contributed by atoms with Crippen LogP contribution in [0.4, 0.5) is 0 Å². The summed E-state index contributed by atoms with van der Waals surface area (Å²) < 4.78 is 1.69. The fourth-order valence-electron chi connectivity index (χ4n) is 4.23. The monoisotopic (exact) mass is 491 g/mol. The van der Waals surface area contributed by atoms with E-state index in [9.17, 15) is 9.59 Å². The van der Waals surface area contributed by atoms with Crippen molar-refractivity contribution < 1.29 is 4.79 Å². The van der Waals surface area contributed by atoms with Crippen molar-refractivity contribution in [1.29, 1.82) is 0 Å². The second-order valence-electron chi connectivity index (χ2n) is 8.34. The highest BCUT2D eigenvalue weighted by atomic mass is 35.5. The van der Waals surface area contributed by atoms with E-state index in [2.05, 4.69) is 15.5 Å². The van der Waals surface area contributed by atoms with E-state index in [-0.39, 0.29) is 41.8 Å². The zero-order chi connectivity index (χ0) is 21.8. The first-order chi connectivity index (χ1) is 15.0. The van der Waals surface area contributed by atoms with Crippen LogP contribution in [-0.2, 0) is 13.1 Å². The van der Waals surface area contributed by atoms with Crippen LogP contribution in [0.3, 0.4) is 0 Å². The van der Waals surface area contributed by atoms with Crippen molar-refractivity contribution >= 4 is 30.7 Å². The van der Waals surface area contributed by atoms with Crippen molar-refractivity contribution in [2.24, 2.45) is 5.92 Å². The summed E-state index contributed by atoms with van der Waals surface area (Å²) in [6, 6.07) is 11.8. The van der Waals surface area contributed by atoms with Gasteiger partial charge in [0.05, 0.1) is 11.9 Å². The highest BCUT2D eigenvalue weighted by Crippen LogP contribution is 2.22. The first-order valence-electron chi connectivity index (χ1n) is 10.8. The average Bonchev–Trinajstić information content (AvgIpc) is 3.25. The third-order valence-electron chi connectivity index (χ3n) is 5.98. The SMILES string of the molecule is Cc1ccn(CC2CCCNC2)c(=O)c1C(=O)N(C)Cc1cn[nH]c1-c1ccccc1.Cl.Cl. The molecule has 2 aromatic heterocycles. The van der Waals surface area contributed by atoms with Gasteiger partial charge in [-0.2, -0.15) is 5.10 Å². The van der Waals surface area contributed by atoms with Crippen molar-refractivity contribution in [1.82, 2.24) is 25.0 Å². The smallest absolute Gasteiger partial charge is 0.263 e. The zero-order valence-corrected chi connectivity index (χ0v) is 20.5. The molecule has 0 aliphatic carbocycles. The van der Waals surface area contributed by atoms with Gasteiger partial charge in [0.25, 0.3) is 11.5 Å². The Morgan fingerprint density at radius 3 is 2.67 bits per heavy atom. The lowest BCUT2D eigenvalue weighted by atomic mass is 9.99. The Balaban J connectivity index is 0.00000193. The van der Waals surface area contributed by atoms with E-state index in [1.54, 1.807) is 22.7 Å². The summed E-state index contributed by atoms with van der Waals surface area (Å²) in [5.41, 5.74) is 3.54. The quantitative estimate of drug-likeness (QED) is 0.550. The van der Waals surface area contributed by atoms with E-state index < -0.39 is 0 Å². The molecule has 9 heteroatoms. The molecule has 1 aliphatic heterocycles. The number of nitrogens with zero attached hydrogens (tertiary/aromatic N) is 3. The number of piperidine rings is 1. The van der Waals surface area contributed by atoms with Gasteiger partial charge >= 0.3 is 0 Å². The van der Waals surface area contributed by atoms with E-state index in [1.807, 2.05) is 49.5 Å². The molecule has 0 spiro atoms. The average molecular weight is 492 g/mol. The maximum Gasteiger partial charge on any atom is 0.263 e. The highest BCUT2D eigenvalue weighted by molar-refractivity contribution is 5.95. The topological polar surface area (TPSA) is 83.0 Å². The Bertz CT molecular complexity index is 1110. The normalized spacial score (nSPS) is 15.3. The maximum absolute atomic E-state index is 13.3. The first-order valence-corrected chi connectivity index (χ1v) is 10.8. The van der Waals surface area contributed by atoms with E-state index in [4.69, 9.17) is 0 Å². The lowest BCUT2D eigenvalue weighted by molar-refractivity contribution is 0.0782. The van der Waals surface area contributed by atoms with E-state index >= 15 is 0 Å². The molecule has 3 heterocycles. The molecule has 3 aromatic rings. The zero-order valence-electron chi connectivity index (χ0n) is 18.9. The molecule has 1 amide bonds. The van der Waals surface area contributed by atoms with Crippen LogP contribution in [0.15, 0.2) is 53.6 Å². The molecule has 0 bridgehead atoms.